The van der Waals surface area contributed by atoms with Crippen molar-refractivity contribution in [3.8, 4) is 11.5 Å². The smallest absolute Gasteiger partial charge is 0.162 e. The maximum atomic E-state index is 5.34. The van der Waals surface area contributed by atoms with Crippen LogP contribution in [0.2, 0.25) is 0 Å². The molecule has 1 atom stereocenters. The molecule has 0 aliphatic carbocycles. The van der Waals surface area contributed by atoms with Crippen LogP contribution in [-0.2, 0) is 0 Å². The van der Waals surface area contributed by atoms with Crippen LogP contribution in [-0.4, -0.2) is 14.2 Å². The summed E-state index contributed by atoms with van der Waals surface area (Å²) in [6.45, 7) is 6.42. The van der Waals surface area contributed by atoms with E-state index in [9.17, 15) is 0 Å². The largest absolute Gasteiger partial charge is 0.493 e. The highest BCUT2D eigenvalue weighted by atomic mass is 16.5. The van der Waals surface area contributed by atoms with Gasteiger partial charge in [0.15, 0.2) is 11.5 Å². The third-order valence-corrected chi connectivity index (χ3v) is 3.67. The lowest BCUT2D eigenvalue weighted by Crippen LogP contribution is -2.08. The SMILES string of the molecule is COc1ccc(NC(C)c2cc(C)ccc2C)cc1OC. The Morgan fingerprint density at radius 1 is 0.905 bits per heavy atom. The molecule has 0 saturated heterocycles. The molecule has 0 saturated carbocycles. The molecular formula is C18H23NO2. The fourth-order valence-corrected chi connectivity index (χ4v) is 2.48. The number of hydrogen-bond acceptors (Lipinski definition) is 3. The molecule has 1 N–H and O–H groups in total. The topological polar surface area (TPSA) is 30.5 Å². The Balaban J connectivity index is 2.23. The van der Waals surface area contributed by atoms with E-state index in [4.69, 9.17) is 9.47 Å². The summed E-state index contributed by atoms with van der Waals surface area (Å²) in [4.78, 5) is 0. The number of methoxy groups -OCH3 is 2. The number of benzene rings is 2. The number of hydrogen-bond donors (Lipinski definition) is 1. The van der Waals surface area contributed by atoms with Gasteiger partial charge in [0.1, 0.15) is 0 Å². The van der Waals surface area contributed by atoms with Gasteiger partial charge in [-0.05, 0) is 44.0 Å². The third kappa shape index (κ3) is 3.48. The Bertz CT molecular complexity index is 623. The zero-order chi connectivity index (χ0) is 15.4. The summed E-state index contributed by atoms with van der Waals surface area (Å²) in [5.41, 5.74) is 4.89. The van der Waals surface area contributed by atoms with Crippen LogP contribution in [0.4, 0.5) is 5.69 Å². The zero-order valence-corrected chi connectivity index (χ0v) is 13.4. The fraction of sp³-hybridized carbons (Fsp3) is 0.333. The standard InChI is InChI=1S/C18H23NO2/c1-12-6-7-13(2)16(10-12)14(3)19-15-8-9-17(20-4)18(11-15)21-5/h6-11,14,19H,1-5H3. The van der Waals surface area contributed by atoms with Crippen LogP contribution in [0, 0.1) is 13.8 Å². The maximum absolute atomic E-state index is 5.34. The van der Waals surface area contributed by atoms with E-state index in [2.05, 4.69) is 44.3 Å². The van der Waals surface area contributed by atoms with Crippen LogP contribution in [0.5, 0.6) is 11.5 Å². The van der Waals surface area contributed by atoms with E-state index in [-0.39, 0.29) is 6.04 Å². The Labute approximate surface area is 126 Å². The fourth-order valence-electron chi connectivity index (χ4n) is 2.48. The van der Waals surface area contributed by atoms with Crippen LogP contribution in [0.1, 0.15) is 29.7 Å². The molecule has 1 unspecified atom stereocenters. The summed E-state index contributed by atoms with van der Waals surface area (Å²) in [5.74, 6) is 1.47. The lowest BCUT2D eigenvalue weighted by molar-refractivity contribution is 0.355. The molecule has 112 valence electrons. The van der Waals surface area contributed by atoms with Gasteiger partial charge in [-0.25, -0.2) is 0 Å². The molecule has 0 aromatic heterocycles. The molecule has 0 spiro atoms. The van der Waals surface area contributed by atoms with E-state index in [0.717, 1.165) is 17.2 Å². The average Bonchev–Trinajstić information content (AvgIpc) is 2.49. The van der Waals surface area contributed by atoms with Gasteiger partial charge in [0.2, 0.25) is 0 Å². The first-order valence-corrected chi connectivity index (χ1v) is 7.11. The van der Waals surface area contributed by atoms with Crippen LogP contribution >= 0.6 is 0 Å². The van der Waals surface area contributed by atoms with Gasteiger partial charge in [0.25, 0.3) is 0 Å². The predicted molar refractivity (Wildman–Crippen MR) is 87.5 cm³/mol. The second-order valence-electron chi connectivity index (χ2n) is 5.30. The number of rotatable bonds is 5. The van der Waals surface area contributed by atoms with Gasteiger partial charge in [0, 0.05) is 17.8 Å². The summed E-state index contributed by atoms with van der Waals surface area (Å²) in [6.07, 6.45) is 0. The molecule has 3 heteroatoms. The Hall–Kier alpha value is -2.16. The number of ether oxygens (including phenoxy) is 2. The summed E-state index contributed by atoms with van der Waals surface area (Å²) in [6, 6.07) is 12.6. The summed E-state index contributed by atoms with van der Waals surface area (Å²) >= 11 is 0. The van der Waals surface area contributed by atoms with Gasteiger partial charge >= 0.3 is 0 Å². The first kappa shape index (κ1) is 15.2. The normalized spacial score (nSPS) is 11.9. The van der Waals surface area contributed by atoms with Crippen molar-refractivity contribution in [2.45, 2.75) is 26.8 Å². The molecule has 2 aromatic carbocycles. The Morgan fingerprint density at radius 2 is 1.62 bits per heavy atom. The molecule has 0 bridgehead atoms. The molecular weight excluding hydrogens is 262 g/mol. The second-order valence-corrected chi connectivity index (χ2v) is 5.30. The molecule has 21 heavy (non-hydrogen) atoms. The lowest BCUT2D eigenvalue weighted by atomic mass is 10.00. The molecule has 0 fully saturated rings. The Morgan fingerprint density at radius 3 is 2.29 bits per heavy atom. The molecule has 3 nitrogen and oxygen atoms in total. The zero-order valence-electron chi connectivity index (χ0n) is 13.4. The molecule has 2 rings (SSSR count). The van der Waals surface area contributed by atoms with Gasteiger partial charge in [-0.3, -0.25) is 0 Å². The van der Waals surface area contributed by atoms with E-state index >= 15 is 0 Å². The molecule has 0 aliphatic heterocycles. The highest BCUT2D eigenvalue weighted by Gasteiger charge is 2.10. The van der Waals surface area contributed by atoms with Crippen LogP contribution in [0.25, 0.3) is 0 Å². The predicted octanol–water partition coefficient (Wildman–Crippen LogP) is 4.49. The maximum Gasteiger partial charge on any atom is 0.162 e. The summed E-state index contributed by atoms with van der Waals surface area (Å²) in [7, 11) is 3.29. The highest BCUT2D eigenvalue weighted by Crippen LogP contribution is 2.31. The summed E-state index contributed by atoms with van der Waals surface area (Å²) in [5, 5.41) is 3.52. The number of aryl methyl sites for hydroxylation is 2. The van der Waals surface area contributed by atoms with Crippen molar-refractivity contribution in [3.05, 3.63) is 53.1 Å². The van der Waals surface area contributed by atoms with Crippen LogP contribution in [0.3, 0.4) is 0 Å². The summed E-state index contributed by atoms with van der Waals surface area (Å²) < 4.78 is 10.6. The van der Waals surface area contributed by atoms with Crippen molar-refractivity contribution in [1.29, 1.82) is 0 Å². The van der Waals surface area contributed by atoms with Crippen molar-refractivity contribution in [1.82, 2.24) is 0 Å². The second kappa shape index (κ2) is 6.53. The van der Waals surface area contributed by atoms with Gasteiger partial charge in [0.05, 0.1) is 14.2 Å². The van der Waals surface area contributed by atoms with E-state index in [1.165, 1.54) is 16.7 Å². The quantitative estimate of drug-likeness (QED) is 0.877. The van der Waals surface area contributed by atoms with Crippen molar-refractivity contribution in [2.24, 2.45) is 0 Å². The first-order chi connectivity index (χ1) is 10.0. The lowest BCUT2D eigenvalue weighted by Gasteiger charge is -2.19. The minimum Gasteiger partial charge on any atom is -0.493 e. The van der Waals surface area contributed by atoms with Gasteiger partial charge < -0.3 is 14.8 Å². The van der Waals surface area contributed by atoms with Gasteiger partial charge in [-0.1, -0.05) is 23.8 Å². The van der Waals surface area contributed by atoms with Crippen molar-refractivity contribution < 1.29 is 9.47 Å². The molecule has 0 aliphatic rings. The van der Waals surface area contributed by atoms with Crippen LogP contribution in [0.15, 0.2) is 36.4 Å². The Kier molecular flexibility index (Phi) is 4.73. The van der Waals surface area contributed by atoms with Crippen LogP contribution < -0.4 is 14.8 Å². The van der Waals surface area contributed by atoms with E-state index in [1.54, 1.807) is 14.2 Å². The molecule has 2 aromatic rings. The number of anilines is 1. The minimum atomic E-state index is 0.225. The van der Waals surface area contributed by atoms with E-state index in [0.29, 0.717) is 0 Å². The number of nitrogens with one attached hydrogen (secondary N) is 1. The average molecular weight is 285 g/mol. The minimum absolute atomic E-state index is 0.225. The molecule has 0 amide bonds. The monoisotopic (exact) mass is 285 g/mol. The van der Waals surface area contributed by atoms with Crippen molar-refractivity contribution in [3.63, 3.8) is 0 Å². The third-order valence-electron chi connectivity index (χ3n) is 3.67. The molecule has 0 heterocycles. The van der Waals surface area contributed by atoms with Gasteiger partial charge in [-0.15, -0.1) is 0 Å². The van der Waals surface area contributed by atoms with Gasteiger partial charge in [-0.2, -0.15) is 0 Å². The molecule has 0 radical (unpaired) electrons. The van der Waals surface area contributed by atoms with E-state index < -0.39 is 0 Å². The van der Waals surface area contributed by atoms with Crippen molar-refractivity contribution >= 4 is 5.69 Å². The van der Waals surface area contributed by atoms with Crippen molar-refractivity contribution in [2.75, 3.05) is 19.5 Å². The highest BCUT2D eigenvalue weighted by molar-refractivity contribution is 5.56. The van der Waals surface area contributed by atoms with E-state index in [1.807, 2.05) is 18.2 Å². The first-order valence-electron chi connectivity index (χ1n) is 7.11.